The number of carbonyl (C=O) groups is 1. The second-order valence-corrected chi connectivity index (χ2v) is 16.9. The van der Waals surface area contributed by atoms with Gasteiger partial charge in [0.1, 0.15) is 24.0 Å². The molecule has 0 bridgehead atoms. The van der Waals surface area contributed by atoms with Crippen LogP contribution in [-0.4, -0.2) is 66.1 Å². The van der Waals surface area contributed by atoms with E-state index in [1.807, 2.05) is 6.92 Å². The van der Waals surface area contributed by atoms with E-state index in [1.165, 1.54) is 19.2 Å². The highest BCUT2D eigenvalue weighted by atomic mass is 28.3. The fourth-order valence-electron chi connectivity index (χ4n) is 4.61. The molecular weight excluding hydrogens is 555 g/mol. The number of rotatable bonds is 13. The number of fused-ring (bicyclic) bond motifs is 1. The van der Waals surface area contributed by atoms with Crippen LogP contribution in [0.1, 0.15) is 34.8 Å². The normalized spacial score (nSPS) is 12.5. The standard InChI is InChI=1S/C31H39FN4O5Si/c1-7-41-27-16-22(11-12-25(27)21-9-8-10-24(32)15-21)30(37)35(2)19-23-17-33-28(31(38)39-3)26-18-34-36(29(23)26)20-40-13-14-42(4,5)6/h8-12,15-18,31,38H,7,13-14,19-20H2,1-6H3. The molecule has 0 fully saturated rings. The highest BCUT2D eigenvalue weighted by molar-refractivity contribution is 6.76. The van der Waals surface area contributed by atoms with Gasteiger partial charge in [-0.2, -0.15) is 5.10 Å². The second-order valence-electron chi connectivity index (χ2n) is 11.3. The number of aliphatic hydroxyl groups excluding tert-OH is 1. The summed E-state index contributed by atoms with van der Waals surface area (Å²) in [5.74, 6) is -0.0781. The van der Waals surface area contributed by atoms with Crippen LogP contribution < -0.4 is 4.74 Å². The maximum absolute atomic E-state index is 13.9. The van der Waals surface area contributed by atoms with Crippen molar-refractivity contribution in [2.75, 3.05) is 27.4 Å². The van der Waals surface area contributed by atoms with Gasteiger partial charge in [0.05, 0.1) is 18.3 Å². The molecule has 0 radical (unpaired) electrons. The molecule has 4 rings (SSSR count). The monoisotopic (exact) mass is 594 g/mol. The molecule has 0 saturated heterocycles. The summed E-state index contributed by atoms with van der Waals surface area (Å²) >= 11 is 0. The number of ether oxygens (including phenoxy) is 3. The fourth-order valence-corrected chi connectivity index (χ4v) is 5.37. The number of hydrogen-bond acceptors (Lipinski definition) is 7. The first-order valence-electron chi connectivity index (χ1n) is 13.9. The number of amides is 1. The Labute approximate surface area is 246 Å². The van der Waals surface area contributed by atoms with Gasteiger partial charge in [0.25, 0.3) is 5.91 Å². The molecule has 0 spiro atoms. The molecular formula is C31H39FN4O5Si. The molecule has 224 valence electrons. The Balaban J connectivity index is 1.62. The number of methoxy groups -OCH3 is 1. The minimum absolute atomic E-state index is 0.224. The largest absolute Gasteiger partial charge is 0.493 e. The van der Waals surface area contributed by atoms with Gasteiger partial charge in [0.2, 0.25) is 0 Å². The number of nitrogens with zero attached hydrogens (tertiary/aromatic N) is 4. The SMILES string of the molecule is CCOc1cc(C(=O)N(C)Cc2cnc(C(O)OC)c3cnn(COCC[Si](C)(C)C)c23)ccc1-c1cccc(F)c1. The van der Waals surface area contributed by atoms with Crippen LogP contribution in [0.3, 0.4) is 0 Å². The Hall–Kier alpha value is -3.64. The van der Waals surface area contributed by atoms with Crippen molar-refractivity contribution in [3.63, 3.8) is 0 Å². The van der Waals surface area contributed by atoms with Gasteiger partial charge in [0, 0.05) is 63.7 Å². The number of halogens is 1. The number of hydrogen-bond donors (Lipinski definition) is 1. The van der Waals surface area contributed by atoms with Crippen molar-refractivity contribution in [1.29, 1.82) is 0 Å². The quantitative estimate of drug-likeness (QED) is 0.118. The lowest BCUT2D eigenvalue weighted by Gasteiger charge is -2.20. The van der Waals surface area contributed by atoms with Crippen molar-refractivity contribution in [2.24, 2.45) is 0 Å². The number of aromatic nitrogens is 3. The predicted molar refractivity (Wildman–Crippen MR) is 162 cm³/mol. The number of pyridine rings is 1. The highest BCUT2D eigenvalue weighted by Crippen LogP contribution is 2.32. The predicted octanol–water partition coefficient (Wildman–Crippen LogP) is 5.86. The van der Waals surface area contributed by atoms with Gasteiger partial charge in [0.15, 0.2) is 6.29 Å². The molecule has 1 amide bonds. The van der Waals surface area contributed by atoms with Crippen LogP contribution in [0.25, 0.3) is 22.0 Å². The Morgan fingerprint density at radius 1 is 1.17 bits per heavy atom. The summed E-state index contributed by atoms with van der Waals surface area (Å²) in [6, 6.07) is 12.5. The van der Waals surface area contributed by atoms with Crippen LogP contribution in [0.5, 0.6) is 5.75 Å². The molecule has 4 aromatic rings. The Morgan fingerprint density at radius 3 is 2.64 bits per heavy atom. The summed E-state index contributed by atoms with van der Waals surface area (Å²) in [6.45, 7) is 10.2. The van der Waals surface area contributed by atoms with Crippen molar-refractivity contribution in [1.82, 2.24) is 19.7 Å². The molecule has 1 atom stereocenters. The maximum Gasteiger partial charge on any atom is 0.254 e. The van der Waals surface area contributed by atoms with Crippen LogP contribution in [0.15, 0.2) is 54.9 Å². The zero-order chi connectivity index (χ0) is 30.4. The second kappa shape index (κ2) is 13.6. The van der Waals surface area contributed by atoms with Crippen molar-refractivity contribution in [2.45, 2.75) is 52.2 Å². The summed E-state index contributed by atoms with van der Waals surface area (Å²) in [7, 11) is 1.85. The zero-order valence-electron chi connectivity index (χ0n) is 25.1. The smallest absolute Gasteiger partial charge is 0.254 e. The zero-order valence-corrected chi connectivity index (χ0v) is 26.1. The highest BCUT2D eigenvalue weighted by Gasteiger charge is 2.22. The number of carbonyl (C=O) groups excluding carboxylic acids is 1. The van der Waals surface area contributed by atoms with Crippen molar-refractivity contribution < 1.29 is 28.5 Å². The maximum atomic E-state index is 13.9. The lowest BCUT2D eigenvalue weighted by molar-refractivity contribution is -0.0787. The Kier molecular flexibility index (Phi) is 10.1. The summed E-state index contributed by atoms with van der Waals surface area (Å²) in [4.78, 5) is 19.6. The van der Waals surface area contributed by atoms with Crippen LogP contribution in [0.4, 0.5) is 4.39 Å². The molecule has 2 aromatic carbocycles. The van der Waals surface area contributed by atoms with Crippen LogP contribution in [0.2, 0.25) is 25.7 Å². The summed E-state index contributed by atoms with van der Waals surface area (Å²) in [5.41, 5.74) is 3.58. The number of aliphatic hydroxyl groups is 1. The molecule has 0 aliphatic carbocycles. The van der Waals surface area contributed by atoms with E-state index >= 15 is 0 Å². The summed E-state index contributed by atoms with van der Waals surface area (Å²) < 4.78 is 32.5. The van der Waals surface area contributed by atoms with E-state index in [2.05, 4.69) is 29.7 Å². The van der Waals surface area contributed by atoms with E-state index in [0.717, 1.165) is 11.6 Å². The fraction of sp³-hybridized carbons (Fsp3) is 0.387. The van der Waals surface area contributed by atoms with Crippen molar-refractivity contribution >= 4 is 24.9 Å². The van der Waals surface area contributed by atoms with Gasteiger partial charge in [-0.3, -0.25) is 9.78 Å². The van der Waals surface area contributed by atoms with E-state index < -0.39 is 14.4 Å². The van der Waals surface area contributed by atoms with E-state index in [1.54, 1.807) is 59.4 Å². The van der Waals surface area contributed by atoms with Gasteiger partial charge in [-0.1, -0.05) is 31.8 Å². The first-order chi connectivity index (χ1) is 20.0. The first kappa shape index (κ1) is 31.3. The van der Waals surface area contributed by atoms with Crippen molar-refractivity contribution in [3.05, 3.63) is 77.5 Å². The van der Waals surface area contributed by atoms with Gasteiger partial charge >= 0.3 is 0 Å². The first-order valence-corrected chi connectivity index (χ1v) is 17.6. The Morgan fingerprint density at radius 2 is 1.95 bits per heavy atom. The molecule has 11 heteroatoms. The average molecular weight is 595 g/mol. The summed E-state index contributed by atoms with van der Waals surface area (Å²) in [6.07, 6.45) is 2.04. The Bertz CT molecular complexity index is 1540. The molecule has 1 unspecified atom stereocenters. The van der Waals surface area contributed by atoms with Gasteiger partial charge < -0.3 is 24.2 Å². The number of benzene rings is 2. The van der Waals surface area contributed by atoms with Gasteiger partial charge in [-0.15, -0.1) is 0 Å². The molecule has 0 aliphatic rings. The van der Waals surface area contributed by atoms with E-state index in [4.69, 9.17) is 14.2 Å². The third kappa shape index (κ3) is 7.40. The van der Waals surface area contributed by atoms with Gasteiger partial charge in [-0.25, -0.2) is 9.07 Å². The molecule has 42 heavy (non-hydrogen) atoms. The minimum Gasteiger partial charge on any atom is -0.493 e. The van der Waals surface area contributed by atoms with Crippen LogP contribution in [-0.2, 0) is 22.7 Å². The lowest BCUT2D eigenvalue weighted by Crippen LogP contribution is -2.27. The molecule has 0 saturated carbocycles. The molecule has 2 aromatic heterocycles. The third-order valence-electron chi connectivity index (χ3n) is 6.86. The minimum atomic E-state index is -1.26. The lowest BCUT2D eigenvalue weighted by atomic mass is 10.0. The molecule has 9 nitrogen and oxygen atoms in total. The summed E-state index contributed by atoms with van der Waals surface area (Å²) in [5, 5.41) is 15.5. The average Bonchev–Trinajstić information content (AvgIpc) is 3.38. The van der Waals surface area contributed by atoms with E-state index in [9.17, 15) is 14.3 Å². The van der Waals surface area contributed by atoms with Gasteiger partial charge in [-0.05, 0) is 48.9 Å². The molecule has 0 aliphatic heterocycles. The molecule has 1 N–H and O–H groups in total. The van der Waals surface area contributed by atoms with Crippen LogP contribution in [0, 0.1) is 5.82 Å². The van der Waals surface area contributed by atoms with E-state index in [-0.39, 0.29) is 25.0 Å². The van der Waals surface area contributed by atoms with Crippen LogP contribution >= 0.6 is 0 Å². The topological polar surface area (TPSA) is 98.9 Å². The van der Waals surface area contributed by atoms with E-state index in [0.29, 0.717) is 52.3 Å². The molecule has 2 heterocycles. The van der Waals surface area contributed by atoms with Crippen molar-refractivity contribution in [3.8, 4) is 16.9 Å². The third-order valence-corrected chi connectivity index (χ3v) is 8.57.